The Morgan fingerprint density at radius 2 is 0.792 bits per heavy atom. The summed E-state index contributed by atoms with van der Waals surface area (Å²) < 4.78 is 0. The lowest BCUT2D eigenvalue weighted by Crippen LogP contribution is -2.63. The third-order valence-electron chi connectivity index (χ3n) is 14.5. The minimum atomic E-state index is -1.18. The largest absolute Gasteiger partial charge is 0.480 e. The third-order valence-corrected chi connectivity index (χ3v) is 14.5. The number of nitrogens with one attached hydrogen (secondary N) is 3. The molecule has 6 N–H and O–H groups in total. The van der Waals surface area contributed by atoms with Gasteiger partial charge in [-0.2, -0.15) is 0 Å². The second kappa shape index (κ2) is 30.7. The van der Waals surface area contributed by atoms with E-state index in [0.29, 0.717) is 25.7 Å². The molecule has 0 fully saturated rings. The van der Waals surface area contributed by atoms with Crippen molar-refractivity contribution in [1.29, 1.82) is 0 Å². The Labute approximate surface area is 431 Å². The van der Waals surface area contributed by atoms with E-state index in [9.17, 15) is 48.3 Å². The summed E-state index contributed by atoms with van der Waals surface area (Å²) in [5.74, 6) is -9.23. The first-order valence-electron chi connectivity index (χ1n) is 25.9. The Kier molecular flexibility index (Phi) is 28.4. The number of hydrogen-bond acceptors (Lipinski definition) is 10. The Morgan fingerprint density at radius 1 is 0.472 bits per heavy atom. The fourth-order valence-corrected chi connectivity index (χ4v) is 9.04. The van der Waals surface area contributed by atoms with Crippen molar-refractivity contribution in [1.82, 2.24) is 40.4 Å². The van der Waals surface area contributed by atoms with Crippen molar-refractivity contribution >= 4 is 59.1 Å². The zero-order valence-corrected chi connectivity index (χ0v) is 47.5. The van der Waals surface area contributed by atoms with Crippen LogP contribution in [-0.4, -0.2) is 172 Å². The van der Waals surface area contributed by atoms with Gasteiger partial charge in [-0.05, 0) is 54.3 Å². The average Bonchev–Trinajstić information content (AvgIpc) is 3.30. The van der Waals surface area contributed by atoms with Crippen molar-refractivity contribution in [2.75, 3.05) is 35.2 Å². The fraction of sp³-hybridized carbons (Fsp3) is 0.808. The van der Waals surface area contributed by atoms with E-state index in [-0.39, 0.29) is 37.0 Å². The number of nitrogens with two attached hydrogens (primary N) is 1. The fourth-order valence-electron chi connectivity index (χ4n) is 9.04. The highest BCUT2D eigenvalue weighted by Gasteiger charge is 2.46. The molecule has 72 heavy (non-hydrogen) atoms. The predicted octanol–water partition coefficient (Wildman–Crippen LogP) is 3.49. The summed E-state index contributed by atoms with van der Waals surface area (Å²) in [5.41, 5.74) is 5.30. The van der Waals surface area contributed by atoms with Gasteiger partial charge in [0.15, 0.2) is 0 Å². The first-order chi connectivity index (χ1) is 33.2. The van der Waals surface area contributed by atoms with E-state index >= 15 is 4.79 Å². The van der Waals surface area contributed by atoms with Crippen LogP contribution in [0.3, 0.4) is 0 Å². The molecule has 414 valence electrons. The summed E-state index contributed by atoms with van der Waals surface area (Å²) in [6, 6.07) is -9.01. The third kappa shape index (κ3) is 18.3. The number of aliphatic carboxylic acids is 1. The molecule has 0 aromatic heterocycles. The molecule has 0 unspecified atom stereocenters. The lowest BCUT2D eigenvalue weighted by atomic mass is 9.90. The molecule has 0 heterocycles. The molecule has 0 spiro atoms. The molecule has 0 aliphatic rings. The summed E-state index contributed by atoms with van der Waals surface area (Å²) in [7, 11) is 7.37. The van der Waals surface area contributed by atoms with Crippen LogP contribution in [0.5, 0.6) is 0 Å². The number of carboxylic acid groups (broad SMARTS) is 1. The zero-order valence-electron chi connectivity index (χ0n) is 47.5. The van der Waals surface area contributed by atoms with E-state index < -0.39 is 131 Å². The van der Waals surface area contributed by atoms with Gasteiger partial charge in [-0.15, -0.1) is 0 Å². The minimum absolute atomic E-state index is 0.101. The molecule has 0 bridgehead atoms. The van der Waals surface area contributed by atoms with E-state index in [2.05, 4.69) is 16.0 Å². The number of primary amides is 1. The van der Waals surface area contributed by atoms with Crippen molar-refractivity contribution in [2.45, 2.75) is 197 Å². The van der Waals surface area contributed by atoms with Gasteiger partial charge in [0.1, 0.15) is 48.3 Å². The first kappa shape index (κ1) is 66.7. The summed E-state index contributed by atoms with van der Waals surface area (Å²) in [5, 5.41) is 18.2. The number of nitrogens with zero attached hydrogens (tertiary/aromatic N) is 5. The van der Waals surface area contributed by atoms with Crippen molar-refractivity contribution in [3.8, 4) is 0 Å². The molecule has 12 atom stereocenters. The molecule has 20 heteroatoms. The maximum atomic E-state index is 15.0. The van der Waals surface area contributed by atoms with E-state index in [0.717, 1.165) is 0 Å². The van der Waals surface area contributed by atoms with Gasteiger partial charge in [-0.25, -0.2) is 4.79 Å². The van der Waals surface area contributed by atoms with Crippen LogP contribution in [-0.2, 0) is 47.9 Å². The first-order valence-corrected chi connectivity index (χ1v) is 25.9. The maximum absolute atomic E-state index is 15.0. The van der Waals surface area contributed by atoms with Crippen LogP contribution in [0.4, 0.5) is 0 Å². The second-order valence-electron chi connectivity index (χ2n) is 21.3. The van der Waals surface area contributed by atoms with Gasteiger partial charge in [0.05, 0.1) is 0 Å². The molecular weight excluding hydrogens is 927 g/mol. The maximum Gasteiger partial charge on any atom is 0.326 e. The zero-order chi connectivity index (χ0) is 56.4. The Morgan fingerprint density at radius 3 is 1.10 bits per heavy atom. The molecule has 0 aliphatic heterocycles. The van der Waals surface area contributed by atoms with E-state index in [1.807, 2.05) is 62.3 Å². The Balaban J connectivity index is 7.15. The molecule has 0 saturated heterocycles. The van der Waals surface area contributed by atoms with Crippen LogP contribution in [0, 0.1) is 41.4 Å². The van der Waals surface area contributed by atoms with Gasteiger partial charge >= 0.3 is 5.97 Å². The summed E-state index contributed by atoms with van der Waals surface area (Å²) in [6.07, 6.45) is 1.79. The highest BCUT2D eigenvalue weighted by atomic mass is 16.4. The second-order valence-corrected chi connectivity index (χ2v) is 21.3. The Hall–Kier alpha value is -5.30. The quantitative estimate of drug-likeness (QED) is 0.0671. The summed E-state index contributed by atoms with van der Waals surface area (Å²) >= 11 is 0. The number of hydrogen-bond donors (Lipinski definition) is 5. The highest BCUT2D eigenvalue weighted by molar-refractivity contribution is 5.98. The number of likely N-dealkylation sites (N-methyl/N-ethyl adjacent to an activating group) is 5. The van der Waals surface area contributed by atoms with Crippen LogP contribution in [0.25, 0.3) is 0 Å². The number of amides is 9. The standard InChI is InChI=1S/C52H95N9O11/c1-21-31(11)41(49(68)59(18)42(32(12)22-2)50(69)60(19)43(33(13)23-3)51(70)61(20)44(52(71)72)34(14)24-4)58(17)48(67)40(30(9)10)56-46(65)37(27-28(5)6)57(16)47(66)39(29(7)8)55-45(64)36(54-35(15)62)25-26-38(53)63/h28-34,36-37,39-44H,21-27H2,1-20H3,(H2,53,63)(H,54,62)(H,55,64)(H,56,65)(H,71,72)/t31-,32+,33-,34-,36-,37+,39+,40+,41+,42+,43+,44+/m1/s1. The van der Waals surface area contributed by atoms with Crippen LogP contribution in [0.15, 0.2) is 0 Å². The van der Waals surface area contributed by atoms with Crippen LogP contribution in [0.2, 0.25) is 0 Å². The summed E-state index contributed by atoms with van der Waals surface area (Å²) in [6.45, 7) is 26.5. The number of carboxylic acids is 1. The molecule has 0 saturated carbocycles. The van der Waals surface area contributed by atoms with E-state index in [1.165, 1.54) is 66.7 Å². The van der Waals surface area contributed by atoms with Crippen LogP contribution < -0.4 is 21.7 Å². The topological polar surface area (TPSA) is 269 Å². The molecule has 20 nitrogen and oxygen atoms in total. The van der Waals surface area contributed by atoms with Gasteiger partial charge in [-0.3, -0.25) is 43.2 Å². The van der Waals surface area contributed by atoms with Gasteiger partial charge in [0.2, 0.25) is 53.2 Å². The molecule has 0 aromatic rings. The van der Waals surface area contributed by atoms with E-state index in [4.69, 9.17) is 5.73 Å². The Bertz CT molecular complexity index is 1860. The average molecular weight is 1020 g/mol. The van der Waals surface area contributed by atoms with E-state index in [1.54, 1.807) is 34.6 Å². The molecule has 0 radical (unpaired) electrons. The lowest BCUT2D eigenvalue weighted by Gasteiger charge is -2.43. The minimum Gasteiger partial charge on any atom is -0.480 e. The monoisotopic (exact) mass is 1020 g/mol. The molecule has 9 amide bonds. The van der Waals surface area contributed by atoms with Crippen LogP contribution in [0.1, 0.15) is 149 Å². The molecule has 0 aromatic carbocycles. The van der Waals surface area contributed by atoms with Gasteiger partial charge in [0, 0.05) is 48.6 Å². The highest BCUT2D eigenvalue weighted by Crippen LogP contribution is 2.27. The lowest BCUT2D eigenvalue weighted by molar-refractivity contribution is -0.160. The van der Waals surface area contributed by atoms with Gasteiger partial charge in [0.25, 0.3) is 0 Å². The smallest absolute Gasteiger partial charge is 0.326 e. The van der Waals surface area contributed by atoms with Gasteiger partial charge < -0.3 is 51.3 Å². The molecule has 0 aliphatic carbocycles. The number of carbonyl (C=O) groups is 10. The normalized spacial score (nSPS) is 16.5. The predicted molar refractivity (Wildman–Crippen MR) is 277 cm³/mol. The van der Waals surface area contributed by atoms with Crippen molar-refractivity contribution in [3.05, 3.63) is 0 Å². The van der Waals surface area contributed by atoms with Crippen LogP contribution >= 0.6 is 0 Å². The molecule has 0 rings (SSSR count). The summed E-state index contributed by atoms with van der Waals surface area (Å²) in [4.78, 5) is 144. The van der Waals surface area contributed by atoms with Crippen molar-refractivity contribution < 1.29 is 53.1 Å². The van der Waals surface area contributed by atoms with Gasteiger partial charge in [-0.1, -0.05) is 123 Å². The number of rotatable bonds is 31. The SMILES string of the molecule is CC[C@@H](C)[C@@H](C(=O)N(C)[C@H](C(=O)N(C)[C@H](C(=O)N(C)[C@H](C(=O)O)[C@H](C)CC)[C@H](C)CC)[C@@H](C)CC)N(C)C(=O)[C@@H](NC(=O)[C@H](CC(C)C)N(C)C(=O)[C@@H](NC(=O)[C@@H](CCC(N)=O)NC(C)=O)C(C)C)C(C)C. The molecular formula is C52H95N9O11. The van der Waals surface area contributed by atoms with Crippen molar-refractivity contribution in [3.63, 3.8) is 0 Å². The number of carbonyl (C=O) groups excluding carboxylic acids is 9. The van der Waals surface area contributed by atoms with Crippen molar-refractivity contribution in [2.24, 2.45) is 47.2 Å².